The Bertz CT molecular complexity index is 345. The fourth-order valence-electron chi connectivity index (χ4n) is 1.01. The molecule has 0 saturated heterocycles. The zero-order valence-corrected chi connectivity index (χ0v) is 10.4. The molecule has 0 fully saturated rings. The smallest absolute Gasteiger partial charge is 0.185 e. The van der Waals surface area contributed by atoms with Crippen LogP contribution in [0.1, 0.15) is 18.7 Å². The van der Waals surface area contributed by atoms with Crippen LogP contribution in [0, 0.1) is 5.92 Å². The van der Waals surface area contributed by atoms with Crippen molar-refractivity contribution in [3.8, 4) is 0 Å². The van der Waals surface area contributed by atoms with Crippen molar-refractivity contribution in [3.63, 3.8) is 0 Å². The summed E-state index contributed by atoms with van der Waals surface area (Å²) in [5, 5.41) is 0.451. The highest BCUT2D eigenvalue weighted by molar-refractivity contribution is 7.17. The molecule has 0 atom stereocenters. The Balaban J connectivity index is 3.00. The van der Waals surface area contributed by atoms with Crippen LogP contribution in [0.2, 0.25) is 9.62 Å². The Hall–Kier alpha value is -0.0900. The molecule has 0 aliphatic heterocycles. The van der Waals surface area contributed by atoms with E-state index < -0.39 is 0 Å². The third kappa shape index (κ3) is 2.95. The summed E-state index contributed by atoms with van der Waals surface area (Å²) in [7, 11) is 0. The summed E-state index contributed by atoms with van der Waals surface area (Å²) in [5.74, 6) is 0.414. The van der Waals surface area contributed by atoms with Crippen LogP contribution in [-0.4, -0.2) is 11.5 Å². The summed E-state index contributed by atoms with van der Waals surface area (Å²) in [6, 6.07) is 0. The Labute approximate surface area is 97.7 Å². The average molecular weight is 251 g/mol. The highest BCUT2D eigenvalue weighted by Gasteiger charge is 2.08. The summed E-state index contributed by atoms with van der Waals surface area (Å²) < 4.78 is 0.460. The first kappa shape index (κ1) is 12.0. The second kappa shape index (κ2) is 5.12. The number of nitrogens with zero attached hydrogens (tertiary/aromatic N) is 1. The van der Waals surface area contributed by atoms with Gasteiger partial charge in [0.15, 0.2) is 4.47 Å². The lowest BCUT2D eigenvalue weighted by molar-refractivity contribution is 0.753. The van der Waals surface area contributed by atoms with E-state index in [-0.39, 0.29) is 0 Å². The Morgan fingerprint density at radius 2 is 2.21 bits per heavy atom. The Morgan fingerprint density at radius 1 is 1.57 bits per heavy atom. The maximum absolute atomic E-state index is 5.88. The van der Waals surface area contributed by atoms with E-state index in [1.807, 2.05) is 6.08 Å². The van der Waals surface area contributed by atoms with Gasteiger partial charge in [0.1, 0.15) is 5.15 Å². The molecule has 1 heterocycles. The lowest BCUT2D eigenvalue weighted by Gasteiger charge is -2.07. The first-order valence-electron chi connectivity index (χ1n) is 4.27. The van der Waals surface area contributed by atoms with E-state index in [9.17, 15) is 0 Å². The van der Waals surface area contributed by atoms with Crippen molar-refractivity contribution in [3.05, 3.63) is 20.1 Å². The van der Waals surface area contributed by atoms with Gasteiger partial charge < -0.3 is 5.73 Å². The Morgan fingerprint density at radius 3 is 2.57 bits per heavy atom. The standard InChI is InChI=1S/C9H12Cl2N2S/c1-5(2)6(4-12)3-7-8(10)13-9(11)14-7/h3,5H,4,12H2,1-2H3. The van der Waals surface area contributed by atoms with Gasteiger partial charge in [0, 0.05) is 6.54 Å². The molecule has 0 saturated carbocycles. The molecule has 2 N–H and O–H groups in total. The highest BCUT2D eigenvalue weighted by Crippen LogP contribution is 2.29. The van der Waals surface area contributed by atoms with Crippen LogP contribution in [-0.2, 0) is 0 Å². The summed E-state index contributed by atoms with van der Waals surface area (Å²) in [4.78, 5) is 4.80. The van der Waals surface area contributed by atoms with Gasteiger partial charge in [-0.3, -0.25) is 0 Å². The van der Waals surface area contributed by atoms with E-state index >= 15 is 0 Å². The SMILES string of the molecule is CC(C)C(=Cc1sc(Cl)nc1Cl)CN. The molecule has 0 aromatic carbocycles. The molecule has 2 nitrogen and oxygen atoms in total. The molecule has 0 radical (unpaired) electrons. The van der Waals surface area contributed by atoms with Gasteiger partial charge in [0.25, 0.3) is 0 Å². The molecule has 0 unspecified atom stereocenters. The van der Waals surface area contributed by atoms with Crippen molar-refractivity contribution in [1.29, 1.82) is 0 Å². The largest absolute Gasteiger partial charge is 0.327 e. The summed E-state index contributed by atoms with van der Waals surface area (Å²) in [6.45, 7) is 4.72. The number of thiazole rings is 1. The molecule has 0 bridgehead atoms. The number of hydrogen-bond acceptors (Lipinski definition) is 3. The fraction of sp³-hybridized carbons (Fsp3) is 0.444. The molecule has 5 heteroatoms. The lowest BCUT2D eigenvalue weighted by atomic mass is 10.0. The van der Waals surface area contributed by atoms with Gasteiger partial charge in [-0.25, -0.2) is 4.98 Å². The van der Waals surface area contributed by atoms with Crippen LogP contribution in [0.5, 0.6) is 0 Å². The minimum absolute atomic E-state index is 0.414. The van der Waals surface area contributed by atoms with Crippen LogP contribution in [0.3, 0.4) is 0 Å². The van der Waals surface area contributed by atoms with Gasteiger partial charge in [-0.1, -0.05) is 42.6 Å². The molecule has 0 aliphatic carbocycles. The number of halogens is 2. The van der Waals surface area contributed by atoms with Gasteiger partial charge in [0.2, 0.25) is 0 Å². The second-order valence-electron chi connectivity index (χ2n) is 3.20. The van der Waals surface area contributed by atoms with Crippen LogP contribution < -0.4 is 5.73 Å². The van der Waals surface area contributed by atoms with E-state index in [0.717, 1.165) is 10.5 Å². The maximum Gasteiger partial charge on any atom is 0.185 e. The van der Waals surface area contributed by atoms with Crippen LogP contribution in [0.25, 0.3) is 6.08 Å². The molecule has 78 valence electrons. The first-order chi connectivity index (χ1) is 6.54. The van der Waals surface area contributed by atoms with Crippen molar-refractivity contribution in [1.82, 2.24) is 4.98 Å². The van der Waals surface area contributed by atoms with E-state index in [0.29, 0.717) is 22.1 Å². The van der Waals surface area contributed by atoms with Gasteiger partial charge in [-0.2, -0.15) is 0 Å². The molecule has 14 heavy (non-hydrogen) atoms. The van der Waals surface area contributed by atoms with Gasteiger partial charge in [-0.15, -0.1) is 11.3 Å². The summed E-state index contributed by atoms with van der Waals surface area (Å²) >= 11 is 13.0. The van der Waals surface area contributed by atoms with E-state index in [1.54, 1.807) is 0 Å². The predicted molar refractivity (Wildman–Crippen MR) is 64.0 cm³/mol. The highest BCUT2D eigenvalue weighted by atomic mass is 35.5. The van der Waals surface area contributed by atoms with Crippen molar-refractivity contribution in [2.24, 2.45) is 11.7 Å². The minimum atomic E-state index is 0.414. The monoisotopic (exact) mass is 250 g/mol. The average Bonchev–Trinajstić information content (AvgIpc) is 2.40. The zero-order chi connectivity index (χ0) is 10.7. The number of aromatic nitrogens is 1. The van der Waals surface area contributed by atoms with Crippen LogP contribution in [0.15, 0.2) is 5.57 Å². The lowest BCUT2D eigenvalue weighted by Crippen LogP contribution is -2.07. The van der Waals surface area contributed by atoms with Crippen molar-refractivity contribution >= 4 is 40.6 Å². The van der Waals surface area contributed by atoms with Gasteiger partial charge in [0.05, 0.1) is 4.88 Å². The van der Waals surface area contributed by atoms with Gasteiger partial charge >= 0.3 is 0 Å². The topological polar surface area (TPSA) is 38.9 Å². The first-order valence-corrected chi connectivity index (χ1v) is 5.84. The van der Waals surface area contributed by atoms with Crippen molar-refractivity contribution in [2.45, 2.75) is 13.8 Å². The fourth-order valence-corrected chi connectivity index (χ4v) is 2.35. The quantitative estimate of drug-likeness (QED) is 0.893. The summed E-state index contributed by atoms with van der Waals surface area (Å²) in [6.07, 6.45) is 1.97. The summed E-state index contributed by atoms with van der Waals surface area (Å²) in [5.41, 5.74) is 6.76. The molecule has 0 spiro atoms. The van der Waals surface area contributed by atoms with Gasteiger partial charge in [-0.05, 0) is 12.0 Å². The maximum atomic E-state index is 5.88. The number of nitrogens with two attached hydrogens (primary N) is 1. The molecule has 1 aromatic heterocycles. The van der Waals surface area contributed by atoms with Crippen LogP contribution in [0.4, 0.5) is 0 Å². The normalized spacial score (nSPS) is 12.6. The third-order valence-corrected chi connectivity index (χ3v) is 3.38. The van der Waals surface area contributed by atoms with E-state index in [2.05, 4.69) is 18.8 Å². The molecule has 1 aromatic rings. The van der Waals surface area contributed by atoms with Crippen molar-refractivity contribution < 1.29 is 0 Å². The van der Waals surface area contributed by atoms with Crippen LogP contribution >= 0.6 is 34.5 Å². The third-order valence-electron chi connectivity index (χ3n) is 1.88. The van der Waals surface area contributed by atoms with E-state index in [1.165, 1.54) is 11.3 Å². The zero-order valence-electron chi connectivity index (χ0n) is 8.05. The number of hydrogen-bond donors (Lipinski definition) is 1. The molecule has 1 rings (SSSR count). The predicted octanol–water partition coefficient (Wildman–Crippen LogP) is 3.45. The second-order valence-corrected chi connectivity index (χ2v) is 5.17. The molecular formula is C9H12Cl2N2S. The van der Waals surface area contributed by atoms with Crippen molar-refractivity contribution in [2.75, 3.05) is 6.54 Å². The molecule has 0 aliphatic rings. The minimum Gasteiger partial charge on any atom is -0.327 e. The molecule has 0 amide bonds. The van der Waals surface area contributed by atoms with E-state index in [4.69, 9.17) is 28.9 Å². The Kier molecular flexibility index (Phi) is 4.38. The number of rotatable bonds is 3. The molecular weight excluding hydrogens is 239 g/mol.